The zero-order valence-corrected chi connectivity index (χ0v) is 19.5. The molecule has 0 unspecified atom stereocenters. The number of amides is 2. The molecule has 4 rings (SSSR count). The van der Waals surface area contributed by atoms with Crippen LogP contribution in [0.1, 0.15) is 46.5 Å². The van der Waals surface area contributed by atoms with Crippen molar-refractivity contribution >= 4 is 28.9 Å². The summed E-state index contributed by atoms with van der Waals surface area (Å²) in [4.78, 5) is 33.6. The lowest BCUT2D eigenvalue weighted by Crippen LogP contribution is -2.42. The minimum atomic E-state index is -0.528. The van der Waals surface area contributed by atoms with Gasteiger partial charge in [0.1, 0.15) is 5.60 Å². The zero-order valence-electron chi connectivity index (χ0n) is 19.5. The van der Waals surface area contributed by atoms with Gasteiger partial charge in [-0.25, -0.2) is 14.8 Å². The molecule has 0 atom stereocenters. The maximum atomic E-state index is 12.8. The Morgan fingerprint density at radius 3 is 2.52 bits per heavy atom. The highest BCUT2D eigenvalue weighted by molar-refractivity contribution is 5.92. The maximum Gasteiger partial charge on any atom is 0.407 e. The van der Waals surface area contributed by atoms with Crippen LogP contribution in [-0.2, 0) is 16.6 Å². The molecule has 0 aliphatic heterocycles. The number of anilines is 1. The van der Waals surface area contributed by atoms with Gasteiger partial charge in [0.15, 0.2) is 0 Å². The van der Waals surface area contributed by atoms with E-state index in [1.54, 1.807) is 17.1 Å². The zero-order chi connectivity index (χ0) is 23.6. The quantitative estimate of drug-likeness (QED) is 0.620. The molecule has 2 N–H and O–H groups in total. The lowest BCUT2D eigenvalue weighted by Gasteiger charge is -2.29. The first-order valence-electron chi connectivity index (χ1n) is 11.2. The van der Waals surface area contributed by atoms with Crippen molar-refractivity contribution in [3.8, 4) is 11.1 Å². The van der Waals surface area contributed by atoms with E-state index in [0.717, 1.165) is 34.9 Å². The molecule has 2 amide bonds. The second-order valence-electron chi connectivity index (χ2n) is 9.55. The fraction of sp³-hybridized carbons (Fsp3) is 0.458. The van der Waals surface area contributed by atoms with Crippen molar-refractivity contribution in [2.75, 3.05) is 5.32 Å². The van der Waals surface area contributed by atoms with E-state index in [9.17, 15) is 9.59 Å². The van der Waals surface area contributed by atoms with Crippen LogP contribution in [0.25, 0.3) is 22.0 Å². The fourth-order valence-corrected chi connectivity index (χ4v) is 4.02. The lowest BCUT2D eigenvalue weighted by atomic mass is 9.85. The predicted octanol–water partition coefficient (Wildman–Crippen LogP) is 4.05. The molecular formula is C24H30N6O3. The topological polar surface area (TPSA) is 111 Å². The number of aromatic nitrogens is 4. The summed E-state index contributed by atoms with van der Waals surface area (Å²) in [6, 6.07) is 5.95. The first-order valence-corrected chi connectivity index (χ1v) is 11.2. The first kappa shape index (κ1) is 22.7. The van der Waals surface area contributed by atoms with Gasteiger partial charge in [-0.15, -0.1) is 0 Å². The van der Waals surface area contributed by atoms with Gasteiger partial charge in [0.2, 0.25) is 11.9 Å². The maximum absolute atomic E-state index is 12.8. The van der Waals surface area contributed by atoms with Crippen molar-refractivity contribution in [3.05, 3.63) is 36.8 Å². The molecule has 1 fully saturated rings. The molecule has 2 heterocycles. The van der Waals surface area contributed by atoms with Gasteiger partial charge in [-0.3, -0.25) is 14.8 Å². The SMILES string of the molecule is Cn1cc(-c2ccc3cnc(NC(=O)C4CCC(NC(=O)OC(C)(C)C)CC4)nc3c2)cn1. The summed E-state index contributed by atoms with van der Waals surface area (Å²) in [5.41, 5.74) is 2.23. The van der Waals surface area contributed by atoms with Crippen molar-refractivity contribution in [1.29, 1.82) is 0 Å². The van der Waals surface area contributed by atoms with Gasteiger partial charge in [-0.1, -0.05) is 12.1 Å². The molecule has 3 aromatic rings. The van der Waals surface area contributed by atoms with Crippen LogP contribution in [-0.4, -0.2) is 43.4 Å². The predicted molar refractivity (Wildman–Crippen MR) is 125 cm³/mol. The van der Waals surface area contributed by atoms with Gasteiger partial charge in [0, 0.05) is 42.4 Å². The summed E-state index contributed by atoms with van der Waals surface area (Å²) in [5.74, 6) is 0.0704. The normalized spacial score (nSPS) is 18.7. The van der Waals surface area contributed by atoms with Crippen LogP contribution >= 0.6 is 0 Å². The summed E-state index contributed by atoms with van der Waals surface area (Å²) < 4.78 is 7.07. The standard InChI is InChI=1S/C24H30N6O3/c1-24(2,3)33-23(32)27-19-9-7-15(8-10-19)21(31)29-22-25-12-17-6-5-16(11-20(17)28-22)18-13-26-30(4)14-18/h5-6,11-15,19H,7-10H2,1-4H3,(H,27,32)(H,25,28,29,31). The summed E-state index contributed by atoms with van der Waals surface area (Å²) >= 11 is 0. The molecule has 1 aromatic carbocycles. The molecule has 2 aromatic heterocycles. The Morgan fingerprint density at radius 2 is 1.85 bits per heavy atom. The summed E-state index contributed by atoms with van der Waals surface area (Å²) in [7, 11) is 1.88. The van der Waals surface area contributed by atoms with Crippen LogP contribution in [0.15, 0.2) is 36.8 Å². The van der Waals surface area contributed by atoms with Crippen LogP contribution in [0.3, 0.4) is 0 Å². The molecule has 174 valence electrons. The summed E-state index contributed by atoms with van der Waals surface area (Å²) in [5, 5.41) is 10.9. The number of hydrogen-bond donors (Lipinski definition) is 2. The number of rotatable bonds is 4. The third-order valence-electron chi connectivity index (χ3n) is 5.67. The van der Waals surface area contributed by atoms with Crippen molar-refractivity contribution in [2.24, 2.45) is 13.0 Å². The average Bonchev–Trinajstić information content (AvgIpc) is 3.18. The number of hydrogen-bond acceptors (Lipinski definition) is 6. The minimum absolute atomic E-state index is 0.0201. The third-order valence-corrected chi connectivity index (χ3v) is 5.67. The van der Waals surface area contributed by atoms with E-state index in [-0.39, 0.29) is 17.9 Å². The fourth-order valence-electron chi connectivity index (χ4n) is 4.02. The second kappa shape index (κ2) is 9.17. The van der Waals surface area contributed by atoms with E-state index in [2.05, 4.69) is 25.7 Å². The van der Waals surface area contributed by atoms with Crippen LogP contribution in [0, 0.1) is 5.92 Å². The van der Waals surface area contributed by atoms with Gasteiger partial charge < -0.3 is 10.1 Å². The average molecular weight is 451 g/mol. The van der Waals surface area contributed by atoms with E-state index < -0.39 is 11.7 Å². The Morgan fingerprint density at radius 1 is 1.09 bits per heavy atom. The summed E-state index contributed by atoms with van der Waals surface area (Å²) in [6.45, 7) is 5.51. The van der Waals surface area contributed by atoms with E-state index in [4.69, 9.17) is 4.74 Å². The number of ether oxygens (including phenoxy) is 1. The van der Waals surface area contributed by atoms with E-state index >= 15 is 0 Å². The molecule has 0 spiro atoms. The number of nitrogens with zero attached hydrogens (tertiary/aromatic N) is 4. The highest BCUT2D eigenvalue weighted by Crippen LogP contribution is 2.27. The van der Waals surface area contributed by atoms with Crippen LogP contribution in [0.4, 0.5) is 10.7 Å². The highest BCUT2D eigenvalue weighted by Gasteiger charge is 2.28. The third kappa shape index (κ3) is 5.85. The van der Waals surface area contributed by atoms with E-state index in [0.29, 0.717) is 18.8 Å². The lowest BCUT2D eigenvalue weighted by molar-refractivity contribution is -0.120. The second-order valence-corrected chi connectivity index (χ2v) is 9.55. The number of carbonyl (C=O) groups excluding carboxylic acids is 2. The molecule has 0 saturated heterocycles. The molecule has 9 nitrogen and oxygen atoms in total. The number of aryl methyl sites for hydroxylation is 1. The largest absolute Gasteiger partial charge is 0.444 e. The minimum Gasteiger partial charge on any atom is -0.444 e. The Balaban J connectivity index is 1.35. The van der Waals surface area contributed by atoms with Crippen molar-refractivity contribution < 1.29 is 14.3 Å². The first-order chi connectivity index (χ1) is 15.7. The van der Waals surface area contributed by atoms with Crippen molar-refractivity contribution in [1.82, 2.24) is 25.1 Å². The number of benzene rings is 1. The van der Waals surface area contributed by atoms with E-state index in [1.165, 1.54) is 0 Å². The van der Waals surface area contributed by atoms with Gasteiger partial charge in [0.05, 0.1) is 11.7 Å². The molecule has 9 heteroatoms. The molecule has 1 aliphatic carbocycles. The molecular weight excluding hydrogens is 420 g/mol. The van der Waals surface area contributed by atoms with Gasteiger partial charge in [0.25, 0.3) is 0 Å². The molecule has 1 saturated carbocycles. The summed E-state index contributed by atoms with van der Waals surface area (Å²) in [6.07, 6.45) is 7.88. The number of nitrogens with one attached hydrogen (secondary N) is 2. The van der Waals surface area contributed by atoms with Crippen molar-refractivity contribution in [2.45, 2.75) is 58.1 Å². The Bertz CT molecular complexity index is 1160. The van der Waals surface area contributed by atoms with Crippen LogP contribution < -0.4 is 10.6 Å². The molecule has 1 aliphatic rings. The van der Waals surface area contributed by atoms with Gasteiger partial charge in [-0.05, 0) is 58.1 Å². The van der Waals surface area contributed by atoms with Crippen LogP contribution in [0.5, 0.6) is 0 Å². The van der Waals surface area contributed by atoms with Crippen LogP contribution in [0.2, 0.25) is 0 Å². The molecule has 0 bridgehead atoms. The van der Waals surface area contributed by atoms with E-state index in [1.807, 2.05) is 52.2 Å². The van der Waals surface area contributed by atoms with Gasteiger partial charge in [-0.2, -0.15) is 5.10 Å². The molecule has 33 heavy (non-hydrogen) atoms. The van der Waals surface area contributed by atoms with Gasteiger partial charge >= 0.3 is 6.09 Å². The Hall–Kier alpha value is -3.49. The Kier molecular flexibility index (Phi) is 6.31. The number of fused-ring (bicyclic) bond motifs is 1. The Labute approximate surface area is 192 Å². The van der Waals surface area contributed by atoms with Crippen molar-refractivity contribution in [3.63, 3.8) is 0 Å². The number of alkyl carbamates (subject to hydrolysis) is 1. The number of carbonyl (C=O) groups is 2. The smallest absolute Gasteiger partial charge is 0.407 e. The molecule has 0 radical (unpaired) electrons. The monoisotopic (exact) mass is 450 g/mol. The highest BCUT2D eigenvalue weighted by atomic mass is 16.6.